The minimum absolute atomic E-state index is 0.0298. The molecule has 1 N–H and O–H groups in total. The second kappa shape index (κ2) is 6.65. The predicted octanol–water partition coefficient (Wildman–Crippen LogP) is 3.83. The second-order valence-electron chi connectivity index (χ2n) is 4.04. The number of carboxylic acids is 1. The third-order valence-electron chi connectivity index (χ3n) is 2.55. The number of halogens is 4. The van der Waals surface area contributed by atoms with E-state index >= 15 is 0 Å². The first-order chi connectivity index (χ1) is 9.25. The quantitative estimate of drug-likeness (QED) is 0.812. The topological polar surface area (TPSA) is 40.5 Å². The Kier molecular flexibility index (Phi) is 5.44. The number of benzene rings is 1. The van der Waals surface area contributed by atoms with Crippen LogP contribution >= 0.6 is 11.6 Å². The molecule has 0 fully saturated rings. The first kappa shape index (κ1) is 16.4. The van der Waals surface area contributed by atoms with E-state index < -0.39 is 17.7 Å². The van der Waals surface area contributed by atoms with E-state index in [4.69, 9.17) is 16.7 Å². The highest BCUT2D eigenvalue weighted by Crippen LogP contribution is 2.38. The van der Waals surface area contributed by atoms with Crippen LogP contribution in [-0.2, 0) is 11.0 Å². The highest BCUT2D eigenvalue weighted by atomic mass is 35.5. The molecule has 1 rings (SSSR count). The van der Waals surface area contributed by atoms with E-state index in [0.29, 0.717) is 0 Å². The minimum atomic E-state index is -4.57. The molecule has 0 heterocycles. The van der Waals surface area contributed by atoms with Crippen LogP contribution in [0.2, 0.25) is 5.02 Å². The molecule has 110 valence electrons. The minimum Gasteiger partial charge on any atom is -0.481 e. The van der Waals surface area contributed by atoms with Crippen LogP contribution in [-0.4, -0.2) is 24.2 Å². The normalized spacial score (nSPS) is 11.2. The summed E-state index contributed by atoms with van der Waals surface area (Å²) < 4.78 is 39.0. The summed E-state index contributed by atoms with van der Waals surface area (Å²) in [5.41, 5.74) is -1.000. The van der Waals surface area contributed by atoms with Gasteiger partial charge in [-0.1, -0.05) is 17.7 Å². The molecule has 0 aliphatic rings. The van der Waals surface area contributed by atoms with Gasteiger partial charge in [0.2, 0.25) is 0 Å². The number of aliphatic carboxylic acids is 1. The van der Waals surface area contributed by atoms with Crippen molar-refractivity contribution >= 4 is 23.3 Å². The number of rotatable bonds is 6. The lowest BCUT2D eigenvalue weighted by atomic mass is 10.1. The van der Waals surface area contributed by atoms with E-state index in [0.717, 1.165) is 6.07 Å². The largest absolute Gasteiger partial charge is 0.481 e. The molecule has 1 aromatic rings. The first-order valence-electron chi connectivity index (χ1n) is 5.70. The molecule has 0 atom stereocenters. The summed E-state index contributed by atoms with van der Waals surface area (Å²) in [5.74, 6) is -1.08. The molecular weight excluding hydrogens is 295 g/mol. The van der Waals surface area contributed by atoms with E-state index in [9.17, 15) is 18.0 Å². The Morgan fingerprint density at radius 1 is 1.45 bits per heavy atom. The van der Waals surface area contributed by atoms with Crippen LogP contribution in [0.1, 0.15) is 12.0 Å². The number of alkyl halides is 3. The Morgan fingerprint density at radius 3 is 2.60 bits per heavy atom. The second-order valence-corrected chi connectivity index (χ2v) is 4.47. The average molecular weight is 308 g/mol. The van der Waals surface area contributed by atoms with Crippen molar-refractivity contribution in [1.29, 1.82) is 0 Å². The van der Waals surface area contributed by atoms with E-state index in [1.165, 1.54) is 23.1 Å². The van der Waals surface area contributed by atoms with Crippen molar-refractivity contribution in [3.63, 3.8) is 0 Å². The molecule has 0 spiro atoms. The van der Waals surface area contributed by atoms with Gasteiger partial charge in [-0.05, 0) is 18.2 Å². The van der Waals surface area contributed by atoms with Crippen molar-refractivity contribution in [3.05, 3.63) is 41.4 Å². The highest BCUT2D eigenvalue weighted by Gasteiger charge is 2.35. The molecule has 20 heavy (non-hydrogen) atoms. The van der Waals surface area contributed by atoms with Gasteiger partial charge in [-0.2, -0.15) is 13.2 Å². The summed E-state index contributed by atoms with van der Waals surface area (Å²) in [6.07, 6.45) is -3.42. The smallest absolute Gasteiger partial charge is 0.418 e. The van der Waals surface area contributed by atoms with Crippen LogP contribution in [0.5, 0.6) is 0 Å². The molecule has 0 saturated carbocycles. The van der Waals surface area contributed by atoms with Gasteiger partial charge in [0, 0.05) is 23.8 Å². The molecule has 0 radical (unpaired) electrons. The Hall–Kier alpha value is -1.69. The maximum absolute atomic E-state index is 13.0. The van der Waals surface area contributed by atoms with Crippen molar-refractivity contribution in [3.8, 4) is 0 Å². The SMILES string of the molecule is C=CCN(CCC(=O)O)c1ccc(Cl)cc1C(F)(F)F. The van der Waals surface area contributed by atoms with Crippen LogP contribution in [0.3, 0.4) is 0 Å². The lowest BCUT2D eigenvalue weighted by Crippen LogP contribution is -2.28. The molecule has 0 aliphatic carbocycles. The molecule has 0 saturated heterocycles. The van der Waals surface area contributed by atoms with Crippen molar-refractivity contribution in [2.75, 3.05) is 18.0 Å². The van der Waals surface area contributed by atoms with Gasteiger partial charge in [-0.15, -0.1) is 6.58 Å². The van der Waals surface area contributed by atoms with E-state index in [1.807, 2.05) is 0 Å². The molecule has 0 unspecified atom stereocenters. The third kappa shape index (κ3) is 4.45. The Bertz CT molecular complexity index is 503. The summed E-state index contributed by atoms with van der Waals surface area (Å²) in [4.78, 5) is 11.9. The number of anilines is 1. The number of hydrogen-bond acceptors (Lipinski definition) is 2. The average Bonchev–Trinajstić information content (AvgIpc) is 2.33. The van der Waals surface area contributed by atoms with Crippen LogP contribution < -0.4 is 4.90 Å². The monoisotopic (exact) mass is 307 g/mol. The van der Waals surface area contributed by atoms with Crippen molar-refractivity contribution in [2.45, 2.75) is 12.6 Å². The van der Waals surface area contributed by atoms with Gasteiger partial charge in [0.05, 0.1) is 12.0 Å². The van der Waals surface area contributed by atoms with Gasteiger partial charge in [-0.3, -0.25) is 4.79 Å². The zero-order valence-corrected chi connectivity index (χ0v) is 11.2. The highest BCUT2D eigenvalue weighted by molar-refractivity contribution is 6.30. The summed E-state index contributed by atoms with van der Waals surface area (Å²) in [6, 6.07) is 3.40. The summed E-state index contributed by atoms with van der Waals surface area (Å²) in [5, 5.41) is 8.63. The van der Waals surface area contributed by atoms with Gasteiger partial charge in [0.25, 0.3) is 0 Å². The Morgan fingerprint density at radius 2 is 2.10 bits per heavy atom. The molecule has 3 nitrogen and oxygen atoms in total. The molecule has 0 aromatic heterocycles. The van der Waals surface area contributed by atoms with E-state index in [2.05, 4.69) is 6.58 Å². The summed E-state index contributed by atoms with van der Waals surface area (Å²) >= 11 is 5.60. The van der Waals surface area contributed by atoms with Crippen molar-refractivity contribution in [1.82, 2.24) is 0 Å². The van der Waals surface area contributed by atoms with Crippen molar-refractivity contribution < 1.29 is 23.1 Å². The fourth-order valence-corrected chi connectivity index (χ4v) is 1.88. The van der Waals surface area contributed by atoms with Crippen LogP contribution in [0.25, 0.3) is 0 Å². The molecule has 1 aromatic carbocycles. The maximum Gasteiger partial charge on any atom is 0.418 e. The van der Waals surface area contributed by atoms with Gasteiger partial charge < -0.3 is 10.0 Å². The zero-order chi connectivity index (χ0) is 15.3. The summed E-state index contributed by atoms with van der Waals surface area (Å²) in [6.45, 7) is 3.53. The van der Waals surface area contributed by atoms with E-state index in [1.54, 1.807) is 0 Å². The Labute approximate surface area is 119 Å². The summed E-state index contributed by atoms with van der Waals surface area (Å²) in [7, 11) is 0. The van der Waals surface area contributed by atoms with Crippen molar-refractivity contribution in [2.24, 2.45) is 0 Å². The molecule has 0 bridgehead atoms. The maximum atomic E-state index is 13.0. The molecule has 7 heteroatoms. The fraction of sp³-hybridized carbons (Fsp3) is 0.308. The fourth-order valence-electron chi connectivity index (χ4n) is 1.71. The number of carboxylic acid groups (broad SMARTS) is 1. The van der Waals surface area contributed by atoms with E-state index in [-0.39, 0.29) is 30.2 Å². The lowest BCUT2D eigenvalue weighted by molar-refractivity contribution is -0.137. The molecule has 0 aliphatic heterocycles. The molecule has 0 amide bonds. The van der Waals surface area contributed by atoms with Gasteiger partial charge >= 0.3 is 12.1 Å². The van der Waals surface area contributed by atoms with Crippen LogP contribution in [0.4, 0.5) is 18.9 Å². The number of nitrogens with zero attached hydrogens (tertiary/aromatic N) is 1. The van der Waals surface area contributed by atoms with Gasteiger partial charge in [0.15, 0.2) is 0 Å². The third-order valence-corrected chi connectivity index (χ3v) is 2.78. The standard InChI is InChI=1S/C13H13ClF3NO2/c1-2-6-18(7-5-12(19)20)11-4-3-9(14)8-10(11)13(15,16)17/h2-4,8H,1,5-7H2,(H,19,20). The first-order valence-corrected chi connectivity index (χ1v) is 6.08. The van der Waals surface area contributed by atoms with Crippen LogP contribution in [0, 0.1) is 0 Å². The number of hydrogen-bond donors (Lipinski definition) is 1. The molecular formula is C13H13ClF3NO2. The predicted molar refractivity (Wildman–Crippen MR) is 71.1 cm³/mol. The van der Waals surface area contributed by atoms with Crippen LogP contribution in [0.15, 0.2) is 30.9 Å². The van der Waals surface area contributed by atoms with Gasteiger partial charge in [-0.25, -0.2) is 0 Å². The number of carbonyl (C=O) groups is 1. The zero-order valence-electron chi connectivity index (χ0n) is 10.5. The van der Waals surface area contributed by atoms with Gasteiger partial charge in [0.1, 0.15) is 0 Å². The Balaban J connectivity index is 3.18. The lowest BCUT2D eigenvalue weighted by Gasteiger charge is -2.26.